The number of nitro benzene ring substituents is 1. The highest BCUT2D eigenvalue weighted by Crippen LogP contribution is 2.28. The number of rotatable bonds is 9. The van der Waals surface area contributed by atoms with Gasteiger partial charge < -0.3 is 9.84 Å². The average molecular weight is 416 g/mol. The molecule has 0 saturated carbocycles. The maximum Gasteiger partial charge on any atom is 0.317 e. The Morgan fingerprint density at radius 2 is 2.04 bits per heavy atom. The summed E-state index contributed by atoms with van der Waals surface area (Å²) >= 11 is 0. The summed E-state index contributed by atoms with van der Waals surface area (Å²) in [4.78, 5) is 26.0. The van der Waals surface area contributed by atoms with E-state index in [-0.39, 0.29) is 41.7 Å². The molecular weight excluding hydrogens is 386 g/mol. The number of aliphatic carboxylic acids is 1. The number of hydrogen-bond donors (Lipinski definition) is 1. The van der Waals surface area contributed by atoms with Crippen molar-refractivity contribution in [3.05, 3.63) is 33.9 Å². The van der Waals surface area contributed by atoms with E-state index in [0.717, 1.165) is 31.5 Å². The molecule has 1 aromatic rings. The Hall–Kier alpha value is -1.90. The number of nitro groups is 1. The van der Waals surface area contributed by atoms with E-state index in [1.807, 2.05) is 25.7 Å². The highest BCUT2D eigenvalue weighted by Gasteiger charge is 2.26. The lowest BCUT2D eigenvalue weighted by molar-refractivity contribution is -0.385. The fourth-order valence-corrected chi connectivity index (χ4v) is 3.53. The van der Waals surface area contributed by atoms with Gasteiger partial charge in [0, 0.05) is 30.3 Å². The number of hydrogen-bond acceptors (Lipinski definition) is 6. The van der Waals surface area contributed by atoms with Crippen LogP contribution in [0, 0.1) is 10.1 Å². The molecule has 1 aliphatic heterocycles. The number of non-ortho nitro benzene ring substituents is 1. The number of ether oxygens (including phenoxy) is 1. The second-order valence-electron chi connectivity index (χ2n) is 7.18. The average Bonchev–Trinajstić information content (AvgIpc) is 2.61. The van der Waals surface area contributed by atoms with Gasteiger partial charge in [0.05, 0.1) is 17.6 Å². The molecule has 0 radical (unpaired) electrons. The third-order valence-corrected chi connectivity index (χ3v) is 4.83. The zero-order chi connectivity index (χ0) is 20.0. The number of carboxylic acid groups (broad SMARTS) is 1. The predicted octanol–water partition coefficient (Wildman–Crippen LogP) is 3.17. The van der Waals surface area contributed by atoms with Crippen molar-refractivity contribution in [1.29, 1.82) is 0 Å². The van der Waals surface area contributed by atoms with Crippen molar-refractivity contribution in [3.8, 4) is 5.75 Å². The Bertz CT molecular complexity index is 663. The van der Waals surface area contributed by atoms with Gasteiger partial charge in [-0.1, -0.05) is 6.92 Å². The van der Waals surface area contributed by atoms with Crippen molar-refractivity contribution in [2.45, 2.75) is 52.3 Å². The van der Waals surface area contributed by atoms with Gasteiger partial charge in [0.2, 0.25) is 0 Å². The summed E-state index contributed by atoms with van der Waals surface area (Å²) in [7, 11) is 0. The monoisotopic (exact) mass is 415 g/mol. The minimum atomic E-state index is -0.800. The van der Waals surface area contributed by atoms with Crippen LogP contribution in [0.2, 0.25) is 0 Å². The quantitative estimate of drug-likeness (QED) is 0.488. The van der Waals surface area contributed by atoms with Gasteiger partial charge in [0.15, 0.2) is 0 Å². The SMILES string of the molecule is CCN(CC(=O)O)C1CCN(Cc2cc([N+](=O)[O-])ccc2OC(C)C)CC1.Cl. The summed E-state index contributed by atoms with van der Waals surface area (Å²) in [5.41, 5.74) is 0.879. The summed E-state index contributed by atoms with van der Waals surface area (Å²) in [6.07, 6.45) is 1.76. The van der Waals surface area contributed by atoms with Gasteiger partial charge in [-0.15, -0.1) is 12.4 Å². The molecule has 1 saturated heterocycles. The molecule has 28 heavy (non-hydrogen) atoms. The van der Waals surface area contributed by atoms with Crippen LogP contribution in [-0.2, 0) is 11.3 Å². The third kappa shape index (κ3) is 6.92. The van der Waals surface area contributed by atoms with Crippen molar-refractivity contribution in [2.24, 2.45) is 0 Å². The lowest BCUT2D eigenvalue weighted by Crippen LogP contribution is -2.46. The smallest absolute Gasteiger partial charge is 0.317 e. The fourth-order valence-electron chi connectivity index (χ4n) is 3.53. The van der Waals surface area contributed by atoms with E-state index < -0.39 is 5.97 Å². The molecule has 1 fully saturated rings. The number of likely N-dealkylation sites (tertiary alicyclic amines) is 1. The third-order valence-electron chi connectivity index (χ3n) is 4.83. The van der Waals surface area contributed by atoms with E-state index >= 15 is 0 Å². The summed E-state index contributed by atoms with van der Waals surface area (Å²) in [5, 5.41) is 20.2. The molecule has 0 amide bonds. The van der Waals surface area contributed by atoms with E-state index in [1.165, 1.54) is 6.07 Å². The second kappa shape index (κ2) is 11.2. The summed E-state index contributed by atoms with van der Waals surface area (Å²) in [6.45, 7) is 8.86. The second-order valence-corrected chi connectivity index (χ2v) is 7.18. The van der Waals surface area contributed by atoms with Crippen LogP contribution in [0.5, 0.6) is 5.75 Å². The van der Waals surface area contributed by atoms with Gasteiger partial charge >= 0.3 is 5.97 Å². The number of halogens is 1. The molecule has 0 bridgehead atoms. The van der Waals surface area contributed by atoms with E-state index in [4.69, 9.17) is 9.84 Å². The van der Waals surface area contributed by atoms with Gasteiger partial charge in [0.25, 0.3) is 5.69 Å². The lowest BCUT2D eigenvalue weighted by Gasteiger charge is -2.37. The maximum absolute atomic E-state index is 11.1. The van der Waals surface area contributed by atoms with E-state index in [2.05, 4.69) is 4.90 Å². The Morgan fingerprint density at radius 3 is 2.54 bits per heavy atom. The molecule has 1 heterocycles. The number of carbonyl (C=O) groups is 1. The maximum atomic E-state index is 11.1. The molecule has 9 heteroatoms. The topological polar surface area (TPSA) is 96.2 Å². The Labute approximate surface area is 172 Å². The lowest BCUT2D eigenvalue weighted by atomic mass is 10.0. The molecule has 1 aromatic carbocycles. The van der Waals surface area contributed by atoms with Crippen molar-refractivity contribution >= 4 is 24.1 Å². The van der Waals surface area contributed by atoms with Crippen LogP contribution in [0.15, 0.2) is 18.2 Å². The summed E-state index contributed by atoms with van der Waals surface area (Å²) in [5.74, 6) is -0.120. The van der Waals surface area contributed by atoms with E-state index in [9.17, 15) is 14.9 Å². The van der Waals surface area contributed by atoms with Gasteiger partial charge in [0.1, 0.15) is 5.75 Å². The Morgan fingerprint density at radius 1 is 1.39 bits per heavy atom. The first kappa shape index (κ1) is 24.1. The molecule has 0 aromatic heterocycles. The first-order chi connectivity index (χ1) is 12.8. The molecule has 1 aliphatic rings. The number of carboxylic acids is 1. The highest BCUT2D eigenvalue weighted by molar-refractivity contribution is 5.85. The number of piperidine rings is 1. The molecule has 0 atom stereocenters. The van der Waals surface area contributed by atoms with Gasteiger partial charge in [-0.2, -0.15) is 0 Å². The van der Waals surface area contributed by atoms with Crippen LogP contribution in [0.25, 0.3) is 0 Å². The van der Waals surface area contributed by atoms with Gasteiger partial charge in [-0.05, 0) is 52.4 Å². The fraction of sp³-hybridized carbons (Fsp3) is 0.632. The number of likely N-dealkylation sites (N-methyl/N-ethyl adjacent to an activating group) is 1. The summed E-state index contributed by atoms with van der Waals surface area (Å²) < 4.78 is 5.82. The van der Waals surface area contributed by atoms with Crippen LogP contribution in [0.4, 0.5) is 5.69 Å². The Kier molecular flexibility index (Phi) is 9.64. The first-order valence-electron chi connectivity index (χ1n) is 9.42. The van der Waals surface area contributed by atoms with Crippen LogP contribution in [0.3, 0.4) is 0 Å². The minimum Gasteiger partial charge on any atom is -0.491 e. The van der Waals surface area contributed by atoms with E-state index in [0.29, 0.717) is 18.8 Å². The largest absolute Gasteiger partial charge is 0.491 e. The molecule has 8 nitrogen and oxygen atoms in total. The Balaban J connectivity index is 0.00000392. The summed E-state index contributed by atoms with van der Waals surface area (Å²) in [6, 6.07) is 5.00. The van der Waals surface area contributed by atoms with Crippen LogP contribution in [0.1, 0.15) is 39.2 Å². The zero-order valence-corrected chi connectivity index (χ0v) is 17.5. The van der Waals surface area contributed by atoms with Crippen LogP contribution in [-0.4, -0.2) is 64.1 Å². The number of benzene rings is 1. The molecule has 0 spiro atoms. The molecule has 0 aliphatic carbocycles. The van der Waals surface area contributed by atoms with Crippen molar-refractivity contribution in [3.63, 3.8) is 0 Å². The van der Waals surface area contributed by atoms with Crippen LogP contribution >= 0.6 is 12.4 Å². The minimum absolute atomic E-state index is 0. The van der Waals surface area contributed by atoms with Crippen molar-refractivity contribution < 1.29 is 19.6 Å². The van der Waals surface area contributed by atoms with Crippen molar-refractivity contribution in [2.75, 3.05) is 26.2 Å². The molecular formula is C19H30ClN3O5. The highest BCUT2D eigenvalue weighted by atomic mass is 35.5. The normalized spacial score (nSPS) is 15.5. The molecule has 1 N–H and O–H groups in total. The van der Waals surface area contributed by atoms with Crippen molar-refractivity contribution in [1.82, 2.24) is 9.80 Å². The molecule has 2 rings (SSSR count). The van der Waals surface area contributed by atoms with Gasteiger partial charge in [-0.25, -0.2) is 0 Å². The van der Waals surface area contributed by atoms with Crippen LogP contribution < -0.4 is 4.74 Å². The first-order valence-corrected chi connectivity index (χ1v) is 9.42. The molecule has 158 valence electrons. The zero-order valence-electron chi connectivity index (χ0n) is 16.7. The van der Waals surface area contributed by atoms with E-state index in [1.54, 1.807) is 12.1 Å². The number of nitrogens with zero attached hydrogens (tertiary/aromatic N) is 3. The predicted molar refractivity (Wildman–Crippen MR) is 109 cm³/mol. The molecule has 0 unspecified atom stereocenters. The standard InChI is InChI=1S/C19H29N3O5.ClH/c1-4-21(13-19(23)24)16-7-9-20(10-8-16)12-15-11-17(22(25)26)5-6-18(15)27-14(2)3;/h5-6,11,14,16H,4,7-10,12-13H2,1-3H3,(H,23,24);1H. The van der Waals surface area contributed by atoms with Gasteiger partial charge in [-0.3, -0.25) is 24.7 Å².